The molecule has 2 unspecified atom stereocenters. The minimum atomic E-state index is 0.0510. The summed E-state index contributed by atoms with van der Waals surface area (Å²) < 4.78 is 7.36. The molecule has 6 nitrogen and oxygen atoms in total. The van der Waals surface area contributed by atoms with Crippen LogP contribution >= 0.6 is 0 Å². The standard InChI is InChI=1S/C12H25N5O/c1-5-11(18-4)10(16-13)6-12-14-8-15-17(12)7-9(2)3/h8-11,16H,5-7,13H2,1-4H3. The van der Waals surface area contributed by atoms with Gasteiger partial charge in [0, 0.05) is 20.1 Å². The van der Waals surface area contributed by atoms with Gasteiger partial charge in [-0.05, 0) is 12.3 Å². The number of methoxy groups -OCH3 is 1. The van der Waals surface area contributed by atoms with Crippen LogP contribution in [0.4, 0.5) is 0 Å². The topological polar surface area (TPSA) is 78.0 Å². The van der Waals surface area contributed by atoms with Gasteiger partial charge in [0.1, 0.15) is 12.2 Å². The minimum Gasteiger partial charge on any atom is -0.380 e. The second kappa shape index (κ2) is 7.45. The SMILES string of the molecule is CCC(OC)C(Cc1ncnn1CC(C)C)NN. The lowest BCUT2D eigenvalue weighted by Crippen LogP contribution is -2.46. The Morgan fingerprint density at radius 3 is 2.72 bits per heavy atom. The zero-order chi connectivity index (χ0) is 13.5. The summed E-state index contributed by atoms with van der Waals surface area (Å²) in [5.41, 5.74) is 2.82. The van der Waals surface area contributed by atoms with Gasteiger partial charge in [0.25, 0.3) is 0 Å². The van der Waals surface area contributed by atoms with Crippen molar-refractivity contribution in [3.05, 3.63) is 12.2 Å². The Morgan fingerprint density at radius 2 is 2.22 bits per heavy atom. The number of nitrogens with zero attached hydrogens (tertiary/aromatic N) is 3. The van der Waals surface area contributed by atoms with Crippen molar-refractivity contribution in [2.75, 3.05) is 7.11 Å². The Hall–Kier alpha value is -0.980. The fraction of sp³-hybridized carbons (Fsp3) is 0.833. The molecule has 0 bridgehead atoms. The lowest BCUT2D eigenvalue weighted by molar-refractivity contribution is 0.0643. The van der Waals surface area contributed by atoms with Gasteiger partial charge in [-0.3, -0.25) is 11.3 Å². The molecular formula is C12H25N5O. The van der Waals surface area contributed by atoms with E-state index in [9.17, 15) is 0 Å². The molecule has 2 atom stereocenters. The van der Waals surface area contributed by atoms with Crippen LogP contribution in [0.25, 0.3) is 0 Å². The van der Waals surface area contributed by atoms with Crippen molar-refractivity contribution in [1.29, 1.82) is 0 Å². The van der Waals surface area contributed by atoms with Gasteiger partial charge in [0.2, 0.25) is 0 Å². The smallest absolute Gasteiger partial charge is 0.138 e. The van der Waals surface area contributed by atoms with E-state index < -0.39 is 0 Å². The number of hydrazine groups is 1. The van der Waals surface area contributed by atoms with E-state index in [0.29, 0.717) is 5.92 Å². The largest absolute Gasteiger partial charge is 0.380 e. The monoisotopic (exact) mass is 255 g/mol. The third kappa shape index (κ3) is 4.04. The van der Waals surface area contributed by atoms with Crippen LogP contribution in [0.2, 0.25) is 0 Å². The van der Waals surface area contributed by atoms with E-state index in [1.54, 1.807) is 13.4 Å². The van der Waals surface area contributed by atoms with Crippen LogP contribution in [0, 0.1) is 5.92 Å². The zero-order valence-electron chi connectivity index (χ0n) is 11.8. The molecule has 1 aromatic heterocycles. The molecule has 0 amide bonds. The number of aromatic nitrogens is 3. The molecule has 3 N–H and O–H groups in total. The normalized spacial score (nSPS) is 15.0. The number of ether oxygens (including phenoxy) is 1. The first kappa shape index (κ1) is 15.1. The average Bonchev–Trinajstić information content (AvgIpc) is 2.75. The van der Waals surface area contributed by atoms with Gasteiger partial charge < -0.3 is 4.74 Å². The van der Waals surface area contributed by atoms with Gasteiger partial charge in [-0.25, -0.2) is 9.67 Å². The highest BCUT2D eigenvalue weighted by atomic mass is 16.5. The van der Waals surface area contributed by atoms with Crippen molar-refractivity contribution in [3.8, 4) is 0 Å². The van der Waals surface area contributed by atoms with Crippen molar-refractivity contribution in [3.63, 3.8) is 0 Å². The molecule has 1 heterocycles. The van der Waals surface area contributed by atoms with E-state index in [1.807, 2.05) is 4.68 Å². The van der Waals surface area contributed by atoms with Gasteiger partial charge in [-0.2, -0.15) is 5.10 Å². The highest BCUT2D eigenvalue weighted by molar-refractivity contribution is 4.92. The molecule has 18 heavy (non-hydrogen) atoms. The summed E-state index contributed by atoms with van der Waals surface area (Å²) >= 11 is 0. The summed E-state index contributed by atoms with van der Waals surface area (Å²) in [6, 6.07) is 0.0510. The van der Waals surface area contributed by atoms with E-state index in [0.717, 1.165) is 25.2 Å². The highest BCUT2D eigenvalue weighted by Gasteiger charge is 2.21. The van der Waals surface area contributed by atoms with E-state index in [-0.39, 0.29) is 12.1 Å². The first-order valence-corrected chi connectivity index (χ1v) is 6.47. The maximum Gasteiger partial charge on any atom is 0.138 e. The molecule has 0 saturated heterocycles. The lowest BCUT2D eigenvalue weighted by Gasteiger charge is -2.24. The van der Waals surface area contributed by atoms with Crippen LogP contribution in [0.1, 0.15) is 33.0 Å². The van der Waals surface area contributed by atoms with Crippen LogP contribution in [0.3, 0.4) is 0 Å². The summed E-state index contributed by atoms with van der Waals surface area (Å²) in [5.74, 6) is 7.09. The third-order valence-corrected chi connectivity index (χ3v) is 3.00. The van der Waals surface area contributed by atoms with Gasteiger partial charge in [0.05, 0.1) is 12.1 Å². The molecule has 0 aliphatic carbocycles. The summed E-state index contributed by atoms with van der Waals surface area (Å²) in [5, 5.41) is 4.25. The summed E-state index contributed by atoms with van der Waals surface area (Å²) in [6.45, 7) is 7.27. The van der Waals surface area contributed by atoms with Crippen molar-refractivity contribution >= 4 is 0 Å². The molecule has 1 aromatic rings. The Labute approximate surface area is 109 Å². The molecule has 0 aromatic carbocycles. The van der Waals surface area contributed by atoms with Crippen molar-refractivity contribution in [1.82, 2.24) is 20.2 Å². The Morgan fingerprint density at radius 1 is 1.50 bits per heavy atom. The maximum absolute atomic E-state index is 5.61. The molecule has 0 saturated carbocycles. The van der Waals surface area contributed by atoms with E-state index in [4.69, 9.17) is 10.6 Å². The number of nitrogens with two attached hydrogens (primary N) is 1. The van der Waals surface area contributed by atoms with E-state index >= 15 is 0 Å². The predicted octanol–water partition coefficient (Wildman–Crippen LogP) is 0.734. The predicted molar refractivity (Wildman–Crippen MR) is 70.8 cm³/mol. The molecule has 0 radical (unpaired) electrons. The quantitative estimate of drug-likeness (QED) is 0.529. The second-order valence-corrected chi connectivity index (χ2v) is 4.91. The van der Waals surface area contributed by atoms with Crippen LogP contribution in [0.5, 0.6) is 0 Å². The van der Waals surface area contributed by atoms with Gasteiger partial charge in [-0.1, -0.05) is 20.8 Å². The zero-order valence-corrected chi connectivity index (χ0v) is 11.8. The Kier molecular flexibility index (Phi) is 6.24. The molecule has 0 aliphatic rings. The van der Waals surface area contributed by atoms with Crippen molar-refractivity contribution in [2.45, 2.75) is 52.3 Å². The van der Waals surface area contributed by atoms with Crippen LogP contribution in [-0.4, -0.2) is 34.0 Å². The molecule has 1 rings (SSSR count). The average molecular weight is 255 g/mol. The molecule has 6 heteroatoms. The number of hydrogen-bond donors (Lipinski definition) is 2. The summed E-state index contributed by atoms with van der Waals surface area (Å²) in [4.78, 5) is 4.31. The fourth-order valence-electron chi connectivity index (χ4n) is 2.05. The first-order valence-electron chi connectivity index (χ1n) is 6.47. The van der Waals surface area contributed by atoms with E-state index in [2.05, 4.69) is 36.3 Å². The molecule has 0 spiro atoms. The van der Waals surface area contributed by atoms with Gasteiger partial charge in [0.15, 0.2) is 0 Å². The van der Waals surface area contributed by atoms with Crippen molar-refractivity contribution < 1.29 is 4.74 Å². The Balaban J connectivity index is 2.72. The van der Waals surface area contributed by atoms with Gasteiger partial charge in [-0.15, -0.1) is 0 Å². The van der Waals surface area contributed by atoms with Crippen LogP contribution in [-0.2, 0) is 17.7 Å². The Bertz CT molecular complexity index is 335. The van der Waals surface area contributed by atoms with E-state index in [1.165, 1.54) is 0 Å². The molecule has 104 valence electrons. The van der Waals surface area contributed by atoms with Crippen LogP contribution < -0.4 is 11.3 Å². The first-order chi connectivity index (χ1) is 8.62. The second-order valence-electron chi connectivity index (χ2n) is 4.91. The minimum absolute atomic E-state index is 0.0510. The van der Waals surface area contributed by atoms with Crippen molar-refractivity contribution in [2.24, 2.45) is 11.8 Å². The maximum atomic E-state index is 5.61. The molecule has 0 aliphatic heterocycles. The number of rotatable bonds is 8. The molecular weight excluding hydrogens is 230 g/mol. The summed E-state index contributed by atoms with van der Waals surface area (Å²) in [7, 11) is 1.71. The number of nitrogens with one attached hydrogen (secondary N) is 1. The number of hydrogen-bond acceptors (Lipinski definition) is 5. The highest BCUT2D eigenvalue weighted by Crippen LogP contribution is 2.09. The van der Waals surface area contributed by atoms with Gasteiger partial charge >= 0.3 is 0 Å². The fourth-order valence-corrected chi connectivity index (χ4v) is 2.05. The summed E-state index contributed by atoms with van der Waals surface area (Å²) in [6.07, 6.45) is 3.30. The lowest BCUT2D eigenvalue weighted by atomic mass is 10.1. The van der Waals surface area contributed by atoms with Crippen LogP contribution in [0.15, 0.2) is 6.33 Å². The molecule has 0 fully saturated rings. The third-order valence-electron chi connectivity index (χ3n) is 3.00.